The molecular formula is C18H22N2O3. The number of hydrogen-bond acceptors (Lipinski definition) is 4. The van der Waals surface area contributed by atoms with Crippen molar-refractivity contribution in [3.8, 4) is 11.5 Å². The van der Waals surface area contributed by atoms with Gasteiger partial charge >= 0.3 is 0 Å². The lowest BCUT2D eigenvalue weighted by Gasteiger charge is -2.20. The molecule has 2 N–H and O–H groups in total. The van der Waals surface area contributed by atoms with E-state index in [4.69, 9.17) is 15.2 Å². The maximum absolute atomic E-state index is 12.5. The summed E-state index contributed by atoms with van der Waals surface area (Å²) in [6, 6.07) is 10.9. The molecule has 0 aromatic heterocycles. The maximum Gasteiger partial charge on any atom is 0.255 e. The van der Waals surface area contributed by atoms with Gasteiger partial charge in [-0.3, -0.25) is 4.79 Å². The number of ether oxygens (including phenoxy) is 2. The number of benzene rings is 2. The van der Waals surface area contributed by atoms with Gasteiger partial charge in [0.25, 0.3) is 5.91 Å². The summed E-state index contributed by atoms with van der Waals surface area (Å²) in [5.41, 5.74) is 8.89. The van der Waals surface area contributed by atoms with Crippen LogP contribution in [0.25, 0.3) is 0 Å². The molecule has 0 atom stereocenters. The molecule has 0 heterocycles. The molecule has 0 spiro atoms. The highest BCUT2D eigenvalue weighted by atomic mass is 16.5. The highest BCUT2D eigenvalue weighted by Gasteiger charge is 2.16. The molecule has 0 aliphatic rings. The second kappa shape index (κ2) is 7.05. The highest BCUT2D eigenvalue weighted by molar-refractivity contribution is 5.98. The Hall–Kier alpha value is -2.69. The van der Waals surface area contributed by atoms with Gasteiger partial charge in [0.2, 0.25) is 0 Å². The molecule has 0 aliphatic heterocycles. The third kappa shape index (κ3) is 3.56. The van der Waals surface area contributed by atoms with E-state index in [0.29, 0.717) is 29.3 Å². The fraction of sp³-hybridized carbons (Fsp3) is 0.278. The first-order chi connectivity index (χ1) is 11.0. The van der Waals surface area contributed by atoms with Gasteiger partial charge in [0, 0.05) is 19.3 Å². The summed E-state index contributed by atoms with van der Waals surface area (Å²) in [6.45, 7) is 2.44. The van der Waals surface area contributed by atoms with E-state index in [2.05, 4.69) is 0 Å². The normalized spacial score (nSPS) is 10.3. The van der Waals surface area contributed by atoms with Crippen LogP contribution in [-0.4, -0.2) is 32.1 Å². The molecule has 2 rings (SSSR count). The van der Waals surface area contributed by atoms with E-state index in [1.165, 1.54) is 0 Å². The molecule has 0 unspecified atom stereocenters. The van der Waals surface area contributed by atoms with Gasteiger partial charge in [-0.05, 0) is 42.3 Å². The van der Waals surface area contributed by atoms with E-state index in [9.17, 15) is 4.79 Å². The Balaban J connectivity index is 2.25. The van der Waals surface area contributed by atoms with Crippen LogP contribution in [0.1, 0.15) is 21.5 Å². The van der Waals surface area contributed by atoms with Crippen LogP contribution < -0.4 is 15.2 Å². The number of methoxy groups -OCH3 is 2. The molecule has 0 radical (unpaired) electrons. The molecule has 0 bridgehead atoms. The lowest BCUT2D eigenvalue weighted by Crippen LogP contribution is -2.27. The second-order valence-electron chi connectivity index (χ2n) is 5.38. The minimum Gasteiger partial charge on any atom is -0.493 e. The van der Waals surface area contributed by atoms with E-state index in [1.807, 2.05) is 25.1 Å². The molecule has 0 aliphatic carbocycles. The van der Waals surface area contributed by atoms with Crippen LogP contribution in [0, 0.1) is 6.92 Å². The lowest BCUT2D eigenvalue weighted by molar-refractivity contribution is 0.0786. The average Bonchev–Trinajstić information content (AvgIpc) is 2.55. The third-order valence-corrected chi connectivity index (χ3v) is 3.79. The van der Waals surface area contributed by atoms with E-state index < -0.39 is 0 Å². The van der Waals surface area contributed by atoms with Gasteiger partial charge in [-0.15, -0.1) is 0 Å². The number of hydrogen-bond donors (Lipinski definition) is 1. The number of nitrogens with zero attached hydrogens (tertiary/aromatic N) is 1. The summed E-state index contributed by atoms with van der Waals surface area (Å²) in [5.74, 6) is 1.21. The van der Waals surface area contributed by atoms with Crippen molar-refractivity contribution in [1.82, 2.24) is 4.90 Å². The monoisotopic (exact) mass is 314 g/mol. The van der Waals surface area contributed by atoms with E-state index in [1.54, 1.807) is 44.4 Å². The van der Waals surface area contributed by atoms with Gasteiger partial charge < -0.3 is 20.1 Å². The SMILES string of the molecule is COc1cc(C)c(CN(C)C(=O)c2ccccc2N)cc1OC. The van der Waals surface area contributed by atoms with Gasteiger partial charge in [0.1, 0.15) is 0 Å². The Bertz CT molecular complexity index is 713. The maximum atomic E-state index is 12.5. The highest BCUT2D eigenvalue weighted by Crippen LogP contribution is 2.31. The van der Waals surface area contributed by atoms with E-state index in [0.717, 1.165) is 11.1 Å². The summed E-state index contributed by atoms with van der Waals surface area (Å²) in [4.78, 5) is 14.2. The predicted molar refractivity (Wildman–Crippen MR) is 90.9 cm³/mol. The molecule has 1 amide bonds. The average molecular weight is 314 g/mol. The Kier molecular flexibility index (Phi) is 5.11. The molecule has 5 heteroatoms. The van der Waals surface area contributed by atoms with Crippen LogP contribution in [0.2, 0.25) is 0 Å². The number of nitrogen functional groups attached to an aromatic ring is 1. The topological polar surface area (TPSA) is 64.8 Å². The molecule has 23 heavy (non-hydrogen) atoms. The van der Waals surface area contributed by atoms with Crippen molar-refractivity contribution in [2.45, 2.75) is 13.5 Å². The molecular weight excluding hydrogens is 292 g/mol. The van der Waals surface area contributed by atoms with Crippen molar-refractivity contribution in [1.29, 1.82) is 0 Å². The number of nitrogens with two attached hydrogens (primary N) is 1. The molecule has 0 saturated carbocycles. The standard InChI is InChI=1S/C18H22N2O3/c1-12-9-16(22-3)17(23-4)10-13(12)11-20(2)18(21)14-7-5-6-8-15(14)19/h5-10H,11,19H2,1-4H3. The molecule has 0 saturated heterocycles. The Morgan fingerprint density at radius 2 is 1.74 bits per heavy atom. The van der Waals surface area contributed by atoms with Crippen LogP contribution in [0.4, 0.5) is 5.69 Å². The molecule has 2 aromatic rings. The number of anilines is 1. The number of amides is 1. The number of para-hydroxylation sites is 1. The second-order valence-corrected chi connectivity index (χ2v) is 5.38. The summed E-state index contributed by atoms with van der Waals surface area (Å²) >= 11 is 0. The van der Waals surface area contributed by atoms with Crippen LogP contribution in [0.15, 0.2) is 36.4 Å². The van der Waals surface area contributed by atoms with Gasteiger partial charge in [-0.25, -0.2) is 0 Å². The molecule has 2 aromatic carbocycles. The third-order valence-electron chi connectivity index (χ3n) is 3.79. The minimum atomic E-state index is -0.114. The van der Waals surface area contributed by atoms with Crippen LogP contribution in [0.3, 0.4) is 0 Å². The molecule has 0 fully saturated rings. The first-order valence-corrected chi connectivity index (χ1v) is 7.29. The smallest absolute Gasteiger partial charge is 0.255 e. The first-order valence-electron chi connectivity index (χ1n) is 7.29. The summed E-state index contributed by atoms with van der Waals surface area (Å²) in [5, 5.41) is 0. The minimum absolute atomic E-state index is 0.114. The fourth-order valence-corrected chi connectivity index (χ4v) is 2.42. The number of aryl methyl sites for hydroxylation is 1. The predicted octanol–water partition coefficient (Wildman–Crippen LogP) is 2.87. The van der Waals surface area contributed by atoms with Crippen LogP contribution >= 0.6 is 0 Å². The summed E-state index contributed by atoms with van der Waals surface area (Å²) in [6.07, 6.45) is 0. The zero-order valence-electron chi connectivity index (χ0n) is 13.9. The van der Waals surface area contributed by atoms with Crippen molar-refractivity contribution < 1.29 is 14.3 Å². The molecule has 122 valence electrons. The number of carbonyl (C=O) groups is 1. The largest absolute Gasteiger partial charge is 0.493 e. The molecule has 5 nitrogen and oxygen atoms in total. The van der Waals surface area contributed by atoms with Crippen molar-refractivity contribution in [3.63, 3.8) is 0 Å². The Morgan fingerprint density at radius 1 is 1.13 bits per heavy atom. The van der Waals surface area contributed by atoms with Gasteiger partial charge in [-0.2, -0.15) is 0 Å². The van der Waals surface area contributed by atoms with Crippen molar-refractivity contribution in [2.75, 3.05) is 27.0 Å². The zero-order chi connectivity index (χ0) is 17.0. The number of carbonyl (C=O) groups excluding carboxylic acids is 1. The van der Waals surface area contributed by atoms with Gasteiger partial charge in [0.05, 0.1) is 19.8 Å². The summed E-state index contributed by atoms with van der Waals surface area (Å²) in [7, 11) is 4.95. The van der Waals surface area contributed by atoms with Crippen LogP contribution in [0.5, 0.6) is 11.5 Å². The quantitative estimate of drug-likeness (QED) is 0.862. The summed E-state index contributed by atoms with van der Waals surface area (Å²) < 4.78 is 10.6. The van der Waals surface area contributed by atoms with Crippen molar-refractivity contribution in [3.05, 3.63) is 53.1 Å². The Labute approximate surface area is 136 Å². The van der Waals surface area contributed by atoms with Crippen molar-refractivity contribution in [2.24, 2.45) is 0 Å². The van der Waals surface area contributed by atoms with E-state index in [-0.39, 0.29) is 5.91 Å². The first kappa shape index (κ1) is 16.7. The fourth-order valence-electron chi connectivity index (χ4n) is 2.42. The zero-order valence-corrected chi connectivity index (χ0v) is 13.9. The van der Waals surface area contributed by atoms with Crippen molar-refractivity contribution >= 4 is 11.6 Å². The van der Waals surface area contributed by atoms with Crippen LogP contribution in [-0.2, 0) is 6.54 Å². The lowest BCUT2D eigenvalue weighted by atomic mass is 10.1. The Morgan fingerprint density at radius 3 is 2.35 bits per heavy atom. The number of rotatable bonds is 5. The van der Waals surface area contributed by atoms with E-state index >= 15 is 0 Å². The van der Waals surface area contributed by atoms with Gasteiger partial charge in [-0.1, -0.05) is 12.1 Å². The van der Waals surface area contributed by atoms with Gasteiger partial charge in [0.15, 0.2) is 11.5 Å².